The third-order valence-corrected chi connectivity index (χ3v) is 10.4. The molecule has 1 amide bonds. The number of nitro groups is 1. The molecule has 2 atom stereocenters. The van der Waals surface area contributed by atoms with Gasteiger partial charge in [0.2, 0.25) is 5.91 Å². The highest BCUT2D eigenvalue weighted by Gasteiger charge is 2.48. The molecule has 7 heteroatoms. The summed E-state index contributed by atoms with van der Waals surface area (Å²) in [6.45, 7) is 11.0. The summed E-state index contributed by atoms with van der Waals surface area (Å²) in [5, 5.41) is 10.9. The number of primary amides is 1. The third kappa shape index (κ3) is 3.77. The molecule has 1 saturated carbocycles. The van der Waals surface area contributed by atoms with E-state index in [2.05, 4.69) is 33.9 Å². The van der Waals surface area contributed by atoms with E-state index < -0.39 is 18.7 Å². The lowest BCUT2D eigenvalue weighted by atomic mass is 9.78. The van der Waals surface area contributed by atoms with Crippen LogP contribution in [0.25, 0.3) is 0 Å². The number of benzene rings is 1. The van der Waals surface area contributed by atoms with Crippen LogP contribution < -0.4 is 5.73 Å². The van der Waals surface area contributed by atoms with Crippen LogP contribution in [0, 0.1) is 10.1 Å². The highest BCUT2D eigenvalue weighted by atomic mass is 28.4. The number of nitrogens with zero attached hydrogens (tertiary/aromatic N) is 1. The summed E-state index contributed by atoms with van der Waals surface area (Å²) < 4.78 is 6.47. The number of carbonyl (C=O) groups excluding carboxylic acids is 1. The van der Waals surface area contributed by atoms with Crippen molar-refractivity contribution in [2.75, 3.05) is 0 Å². The normalized spacial score (nSPS) is 24.3. The van der Waals surface area contributed by atoms with E-state index in [0.29, 0.717) is 12.8 Å². The predicted molar refractivity (Wildman–Crippen MR) is 99.9 cm³/mol. The molecular weight excluding hydrogens is 336 g/mol. The topological polar surface area (TPSA) is 95.5 Å². The maximum atomic E-state index is 12.3. The highest BCUT2D eigenvalue weighted by molar-refractivity contribution is 6.74. The van der Waals surface area contributed by atoms with Crippen LogP contribution in [0.5, 0.6) is 0 Å². The number of hydrogen-bond donors (Lipinski definition) is 1. The molecule has 0 aliphatic heterocycles. The number of rotatable bonds is 5. The van der Waals surface area contributed by atoms with Gasteiger partial charge in [-0.25, -0.2) is 0 Å². The Morgan fingerprint density at radius 3 is 2.32 bits per heavy atom. The fraction of sp³-hybridized carbons (Fsp3) is 0.611. The monoisotopic (exact) mass is 364 g/mol. The van der Waals surface area contributed by atoms with Crippen molar-refractivity contribution in [3.63, 3.8) is 0 Å². The van der Waals surface area contributed by atoms with Gasteiger partial charge in [0.25, 0.3) is 5.69 Å². The summed E-state index contributed by atoms with van der Waals surface area (Å²) in [4.78, 5) is 22.7. The standard InChI is InChI=1S/C18H28N2O4Si/c1-17(2,3)25(4,5)24-15-10-11-18(12-15,16(19)21)13-6-8-14(9-7-13)20(22)23/h6-9,15H,10-12H2,1-5H3,(H2,19,21)/t15-,18-/m0/s1. The Morgan fingerprint density at radius 2 is 1.88 bits per heavy atom. The molecule has 0 aromatic heterocycles. The van der Waals surface area contributed by atoms with E-state index in [4.69, 9.17) is 10.2 Å². The third-order valence-electron chi connectivity index (χ3n) is 5.84. The Labute approximate surface area is 150 Å². The molecule has 25 heavy (non-hydrogen) atoms. The number of carbonyl (C=O) groups is 1. The average Bonchev–Trinajstić information content (AvgIpc) is 2.90. The molecule has 0 bridgehead atoms. The molecule has 0 heterocycles. The van der Waals surface area contributed by atoms with Crippen molar-refractivity contribution in [3.05, 3.63) is 39.9 Å². The first-order chi connectivity index (χ1) is 11.4. The van der Waals surface area contributed by atoms with Gasteiger partial charge in [0.05, 0.1) is 10.3 Å². The van der Waals surface area contributed by atoms with Crippen molar-refractivity contribution in [1.29, 1.82) is 0 Å². The SMILES string of the molecule is CC(C)(C)[Si](C)(C)O[C@H]1CC[C@@](C(N)=O)(c2ccc([N+](=O)[O-])cc2)C1. The Morgan fingerprint density at radius 1 is 1.32 bits per heavy atom. The summed E-state index contributed by atoms with van der Waals surface area (Å²) in [5.41, 5.74) is 5.71. The first kappa shape index (κ1) is 19.6. The number of non-ortho nitro benzene ring substituents is 1. The van der Waals surface area contributed by atoms with Crippen LogP contribution in [0.2, 0.25) is 18.1 Å². The Hall–Kier alpha value is -1.73. The minimum atomic E-state index is -1.93. The quantitative estimate of drug-likeness (QED) is 0.487. The molecule has 1 aromatic rings. The Bertz CT molecular complexity index is 667. The van der Waals surface area contributed by atoms with Crippen LogP contribution in [-0.4, -0.2) is 25.3 Å². The molecule has 1 aromatic carbocycles. The van der Waals surface area contributed by atoms with Gasteiger partial charge < -0.3 is 10.2 Å². The van der Waals surface area contributed by atoms with Crippen molar-refractivity contribution >= 4 is 19.9 Å². The van der Waals surface area contributed by atoms with E-state index in [1.807, 2.05) is 0 Å². The summed E-state index contributed by atoms with van der Waals surface area (Å²) in [6.07, 6.45) is 1.90. The highest BCUT2D eigenvalue weighted by Crippen LogP contribution is 2.46. The van der Waals surface area contributed by atoms with Gasteiger partial charge >= 0.3 is 0 Å². The van der Waals surface area contributed by atoms with Crippen LogP contribution in [0.3, 0.4) is 0 Å². The number of nitro benzene ring substituents is 1. The zero-order chi connectivity index (χ0) is 19.0. The van der Waals surface area contributed by atoms with Crippen LogP contribution in [0.1, 0.15) is 45.6 Å². The first-order valence-corrected chi connectivity index (χ1v) is 11.5. The molecule has 0 saturated heterocycles. The maximum absolute atomic E-state index is 12.3. The molecule has 2 N–H and O–H groups in total. The second-order valence-corrected chi connectivity index (χ2v) is 13.2. The summed E-state index contributed by atoms with van der Waals surface area (Å²) in [6, 6.07) is 6.17. The molecule has 6 nitrogen and oxygen atoms in total. The smallest absolute Gasteiger partial charge is 0.269 e. The predicted octanol–water partition coefficient (Wildman–Crippen LogP) is 3.89. The van der Waals surface area contributed by atoms with Crippen molar-refractivity contribution in [2.45, 2.75) is 69.7 Å². The molecule has 1 aliphatic rings. The second kappa shape index (κ2) is 6.53. The molecule has 0 spiro atoms. The van der Waals surface area contributed by atoms with Gasteiger partial charge in [0.15, 0.2) is 8.32 Å². The van der Waals surface area contributed by atoms with E-state index >= 15 is 0 Å². The van der Waals surface area contributed by atoms with Gasteiger partial charge in [-0.1, -0.05) is 32.9 Å². The molecule has 1 aliphatic carbocycles. The van der Waals surface area contributed by atoms with Crippen molar-refractivity contribution in [2.24, 2.45) is 5.73 Å². The lowest BCUT2D eigenvalue weighted by Gasteiger charge is -2.39. The zero-order valence-electron chi connectivity index (χ0n) is 15.7. The van der Waals surface area contributed by atoms with Gasteiger partial charge in [-0.3, -0.25) is 14.9 Å². The molecule has 1 fully saturated rings. The lowest BCUT2D eigenvalue weighted by Crippen LogP contribution is -2.45. The summed E-state index contributed by atoms with van der Waals surface area (Å²) in [5.74, 6) is -0.386. The van der Waals surface area contributed by atoms with E-state index in [-0.39, 0.29) is 22.7 Å². The van der Waals surface area contributed by atoms with Crippen molar-refractivity contribution in [3.8, 4) is 0 Å². The fourth-order valence-electron chi connectivity index (χ4n) is 3.22. The number of nitrogens with two attached hydrogens (primary N) is 1. The van der Waals surface area contributed by atoms with Gasteiger partial charge in [-0.2, -0.15) is 0 Å². The fourth-order valence-corrected chi connectivity index (χ4v) is 4.61. The molecule has 2 rings (SSSR count). The molecule has 0 radical (unpaired) electrons. The van der Waals surface area contributed by atoms with Crippen LogP contribution >= 0.6 is 0 Å². The van der Waals surface area contributed by atoms with Crippen molar-refractivity contribution < 1.29 is 14.1 Å². The van der Waals surface area contributed by atoms with Gasteiger partial charge in [-0.15, -0.1) is 0 Å². The van der Waals surface area contributed by atoms with E-state index in [9.17, 15) is 14.9 Å². The van der Waals surface area contributed by atoms with Gasteiger partial charge in [-0.05, 0) is 43.0 Å². The van der Waals surface area contributed by atoms with Crippen molar-refractivity contribution in [1.82, 2.24) is 0 Å². The van der Waals surface area contributed by atoms with E-state index in [1.165, 1.54) is 12.1 Å². The van der Waals surface area contributed by atoms with Gasteiger partial charge in [0, 0.05) is 18.2 Å². The van der Waals surface area contributed by atoms with E-state index in [1.54, 1.807) is 12.1 Å². The molecule has 138 valence electrons. The summed E-state index contributed by atoms with van der Waals surface area (Å²) in [7, 11) is -1.93. The number of hydrogen-bond acceptors (Lipinski definition) is 4. The van der Waals surface area contributed by atoms with Crippen LogP contribution in [0.15, 0.2) is 24.3 Å². The van der Waals surface area contributed by atoms with Crippen LogP contribution in [0.4, 0.5) is 5.69 Å². The Balaban J connectivity index is 2.25. The molecule has 0 unspecified atom stereocenters. The average molecular weight is 365 g/mol. The largest absolute Gasteiger partial charge is 0.414 e. The second-order valence-electron chi connectivity index (χ2n) is 8.49. The zero-order valence-corrected chi connectivity index (χ0v) is 16.7. The Kier molecular flexibility index (Phi) is 5.12. The minimum absolute atomic E-state index is 0.00967. The first-order valence-electron chi connectivity index (χ1n) is 8.62. The summed E-state index contributed by atoms with van der Waals surface area (Å²) >= 11 is 0. The number of amides is 1. The maximum Gasteiger partial charge on any atom is 0.269 e. The lowest BCUT2D eigenvalue weighted by molar-refractivity contribution is -0.384. The van der Waals surface area contributed by atoms with Gasteiger partial charge in [0.1, 0.15) is 0 Å². The van der Waals surface area contributed by atoms with Crippen LogP contribution in [-0.2, 0) is 14.6 Å². The van der Waals surface area contributed by atoms with E-state index in [0.717, 1.165) is 12.0 Å². The molecular formula is C18H28N2O4Si. The minimum Gasteiger partial charge on any atom is -0.414 e.